The fourth-order valence-corrected chi connectivity index (χ4v) is 5.71. The molecule has 0 saturated carbocycles. The van der Waals surface area contributed by atoms with Gasteiger partial charge in [-0.3, -0.25) is 14.4 Å². The fraction of sp³-hybridized carbons (Fsp3) is 0.615. The van der Waals surface area contributed by atoms with Crippen LogP contribution < -0.4 is 21.7 Å². The molecule has 0 radical (unpaired) electrons. The minimum Gasteiger partial charge on any atom is -0.437 e. The molecule has 4 atom stereocenters. The van der Waals surface area contributed by atoms with Gasteiger partial charge in [0.25, 0.3) is 5.91 Å². The summed E-state index contributed by atoms with van der Waals surface area (Å²) in [4.78, 5) is 52.7. The number of aryl methyl sites for hydroxylation is 1. The summed E-state index contributed by atoms with van der Waals surface area (Å²) in [7, 11) is 0. The molecular weight excluding hydrogens is 462 g/mol. The van der Waals surface area contributed by atoms with Gasteiger partial charge in [-0.2, -0.15) is 0 Å². The van der Waals surface area contributed by atoms with Gasteiger partial charge in [-0.15, -0.1) is 0 Å². The predicted molar refractivity (Wildman–Crippen MR) is 133 cm³/mol. The standard InChI is InChI=1S/C26H37N5O5/c1-16(36-26(27)35)23(32)30-22(18-11-13-28-14-12-18)25(34)31-15-5-10-21(31)24(33)29-20-9-4-7-17-6-2-3-8-19(17)20/h2-3,6,8,16,18,20-22,28H,4-5,7,9-15H2,1H3,(H2,27,35)(H,29,33)(H,30,32)/t16?,20-,21?,22+/m1/s1. The lowest BCUT2D eigenvalue weighted by atomic mass is 9.87. The molecular formula is C26H37N5O5. The van der Waals surface area contributed by atoms with Crippen LogP contribution in [0, 0.1) is 5.92 Å². The van der Waals surface area contributed by atoms with E-state index >= 15 is 0 Å². The van der Waals surface area contributed by atoms with Crippen molar-refractivity contribution >= 4 is 23.8 Å². The second-order valence-electron chi connectivity index (χ2n) is 9.99. The maximum Gasteiger partial charge on any atom is 0.405 e. The van der Waals surface area contributed by atoms with Crippen LogP contribution >= 0.6 is 0 Å². The number of nitrogens with zero attached hydrogens (tertiary/aromatic N) is 1. The van der Waals surface area contributed by atoms with Gasteiger partial charge in [-0.25, -0.2) is 4.79 Å². The number of carbonyl (C=O) groups is 4. The molecule has 3 aliphatic rings. The van der Waals surface area contributed by atoms with E-state index in [1.807, 2.05) is 12.1 Å². The largest absolute Gasteiger partial charge is 0.437 e. The normalized spacial score (nSPS) is 23.8. The van der Waals surface area contributed by atoms with E-state index in [-0.39, 0.29) is 23.8 Å². The van der Waals surface area contributed by atoms with Crippen LogP contribution in [0.25, 0.3) is 0 Å². The van der Waals surface area contributed by atoms with E-state index in [0.29, 0.717) is 25.8 Å². The first kappa shape index (κ1) is 25.9. The van der Waals surface area contributed by atoms with Gasteiger partial charge in [0.05, 0.1) is 6.04 Å². The van der Waals surface area contributed by atoms with E-state index in [9.17, 15) is 19.2 Å². The topological polar surface area (TPSA) is 143 Å². The molecule has 0 spiro atoms. The Kier molecular flexibility index (Phi) is 8.45. The summed E-state index contributed by atoms with van der Waals surface area (Å²) in [6, 6.07) is 6.74. The van der Waals surface area contributed by atoms with Crippen LogP contribution in [-0.2, 0) is 25.5 Å². The van der Waals surface area contributed by atoms with E-state index < -0.39 is 30.2 Å². The number of ether oxygens (including phenoxy) is 1. The van der Waals surface area contributed by atoms with Crippen LogP contribution in [0.15, 0.2) is 24.3 Å². The van der Waals surface area contributed by atoms with Crippen LogP contribution in [0.3, 0.4) is 0 Å². The zero-order valence-electron chi connectivity index (χ0n) is 20.8. The number of carbonyl (C=O) groups excluding carboxylic acids is 4. The quantitative estimate of drug-likeness (QED) is 0.443. The van der Waals surface area contributed by atoms with Crippen molar-refractivity contribution in [1.29, 1.82) is 0 Å². The predicted octanol–water partition coefficient (Wildman–Crippen LogP) is 1.14. The average Bonchev–Trinajstić information content (AvgIpc) is 3.37. The maximum absolute atomic E-state index is 13.8. The SMILES string of the molecule is CC(OC(N)=O)C(=O)N[C@H](C(=O)N1CCCC1C(=O)N[C@@H]1CCCc2ccccc21)C1CCNCC1. The highest BCUT2D eigenvalue weighted by atomic mass is 16.6. The summed E-state index contributed by atoms with van der Waals surface area (Å²) in [5, 5.41) is 9.27. The molecule has 10 heteroatoms. The highest BCUT2D eigenvalue weighted by molar-refractivity contribution is 5.94. The summed E-state index contributed by atoms with van der Waals surface area (Å²) >= 11 is 0. The average molecular weight is 500 g/mol. The summed E-state index contributed by atoms with van der Waals surface area (Å²) in [6.07, 6.45) is 3.44. The first-order valence-corrected chi connectivity index (χ1v) is 13.0. The smallest absolute Gasteiger partial charge is 0.405 e. The van der Waals surface area contributed by atoms with E-state index in [1.54, 1.807) is 4.90 Å². The molecule has 36 heavy (non-hydrogen) atoms. The second-order valence-corrected chi connectivity index (χ2v) is 9.99. The Morgan fingerprint density at radius 3 is 2.58 bits per heavy atom. The third-order valence-corrected chi connectivity index (χ3v) is 7.61. The van der Waals surface area contributed by atoms with Gasteiger partial charge in [0.2, 0.25) is 11.8 Å². The van der Waals surface area contributed by atoms with Crippen LogP contribution in [0.1, 0.15) is 62.6 Å². The molecule has 2 fully saturated rings. The van der Waals surface area contributed by atoms with E-state index in [1.165, 1.54) is 12.5 Å². The summed E-state index contributed by atoms with van der Waals surface area (Å²) in [5.74, 6) is -1.07. The number of nitrogens with one attached hydrogen (secondary N) is 3. The zero-order chi connectivity index (χ0) is 25.7. The van der Waals surface area contributed by atoms with Crippen molar-refractivity contribution in [2.75, 3.05) is 19.6 Å². The van der Waals surface area contributed by atoms with Gasteiger partial charge in [0, 0.05) is 6.54 Å². The third-order valence-electron chi connectivity index (χ3n) is 7.61. The molecule has 5 N–H and O–H groups in total. The number of hydrogen-bond acceptors (Lipinski definition) is 6. The van der Waals surface area contributed by atoms with Crippen LogP contribution in [0.4, 0.5) is 4.79 Å². The third kappa shape index (κ3) is 5.98. The minimum absolute atomic E-state index is 0.0632. The molecule has 1 aliphatic carbocycles. The van der Waals surface area contributed by atoms with Crippen molar-refractivity contribution in [3.63, 3.8) is 0 Å². The molecule has 4 rings (SSSR count). The molecule has 2 saturated heterocycles. The number of primary amides is 1. The maximum atomic E-state index is 13.8. The number of amides is 4. The lowest BCUT2D eigenvalue weighted by Crippen LogP contribution is -2.58. The van der Waals surface area contributed by atoms with Crippen LogP contribution in [0.5, 0.6) is 0 Å². The Labute approximate surface area is 211 Å². The Morgan fingerprint density at radius 2 is 1.83 bits per heavy atom. The van der Waals surface area contributed by atoms with E-state index in [2.05, 4.69) is 28.1 Å². The first-order chi connectivity index (χ1) is 17.3. The molecule has 10 nitrogen and oxygen atoms in total. The second kappa shape index (κ2) is 11.7. The van der Waals surface area contributed by atoms with Crippen molar-refractivity contribution < 1.29 is 23.9 Å². The zero-order valence-corrected chi connectivity index (χ0v) is 20.8. The van der Waals surface area contributed by atoms with Gasteiger partial charge < -0.3 is 31.3 Å². The van der Waals surface area contributed by atoms with E-state index in [4.69, 9.17) is 10.5 Å². The van der Waals surface area contributed by atoms with Gasteiger partial charge in [0.1, 0.15) is 12.1 Å². The molecule has 0 aromatic heterocycles. The molecule has 2 heterocycles. The molecule has 196 valence electrons. The van der Waals surface area contributed by atoms with Gasteiger partial charge in [0.15, 0.2) is 6.10 Å². The molecule has 2 unspecified atom stereocenters. The van der Waals surface area contributed by atoms with Crippen molar-refractivity contribution in [3.8, 4) is 0 Å². The number of fused-ring (bicyclic) bond motifs is 1. The number of nitrogens with two attached hydrogens (primary N) is 1. The van der Waals surface area contributed by atoms with Crippen molar-refractivity contribution in [1.82, 2.24) is 20.9 Å². The Balaban J connectivity index is 1.47. The monoisotopic (exact) mass is 499 g/mol. The lowest BCUT2D eigenvalue weighted by molar-refractivity contribution is -0.144. The highest BCUT2D eigenvalue weighted by Gasteiger charge is 2.41. The van der Waals surface area contributed by atoms with Crippen LogP contribution in [-0.4, -0.2) is 66.5 Å². The highest BCUT2D eigenvalue weighted by Crippen LogP contribution is 2.30. The van der Waals surface area contributed by atoms with Crippen molar-refractivity contribution in [2.24, 2.45) is 11.7 Å². The Hall–Kier alpha value is -3.14. The van der Waals surface area contributed by atoms with Gasteiger partial charge in [-0.1, -0.05) is 24.3 Å². The summed E-state index contributed by atoms with van der Waals surface area (Å²) in [6.45, 7) is 3.35. The van der Waals surface area contributed by atoms with Gasteiger partial charge in [-0.05, 0) is 82.0 Å². The Bertz CT molecular complexity index is 979. The number of rotatable bonds is 7. The van der Waals surface area contributed by atoms with E-state index in [0.717, 1.165) is 44.3 Å². The van der Waals surface area contributed by atoms with Crippen molar-refractivity contribution in [2.45, 2.75) is 76.1 Å². The molecule has 1 aromatic carbocycles. The van der Waals surface area contributed by atoms with Crippen molar-refractivity contribution in [3.05, 3.63) is 35.4 Å². The molecule has 1 aromatic rings. The molecule has 4 amide bonds. The number of benzene rings is 1. The minimum atomic E-state index is -1.12. The molecule has 2 aliphatic heterocycles. The summed E-state index contributed by atoms with van der Waals surface area (Å²) < 4.78 is 4.80. The fourth-order valence-electron chi connectivity index (χ4n) is 5.71. The number of likely N-dealkylation sites (tertiary alicyclic amines) is 1. The first-order valence-electron chi connectivity index (χ1n) is 13.0. The number of piperidine rings is 1. The molecule has 0 bridgehead atoms. The van der Waals surface area contributed by atoms with Crippen LogP contribution in [0.2, 0.25) is 0 Å². The number of hydrogen-bond donors (Lipinski definition) is 4. The lowest BCUT2D eigenvalue weighted by Gasteiger charge is -2.35. The summed E-state index contributed by atoms with van der Waals surface area (Å²) in [5.41, 5.74) is 7.46. The Morgan fingerprint density at radius 1 is 1.08 bits per heavy atom. The van der Waals surface area contributed by atoms with Gasteiger partial charge >= 0.3 is 6.09 Å².